The summed E-state index contributed by atoms with van der Waals surface area (Å²) in [5, 5.41) is 12.2. The van der Waals surface area contributed by atoms with Gasteiger partial charge in [-0.25, -0.2) is 8.42 Å². The van der Waals surface area contributed by atoms with Crippen molar-refractivity contribution in [2.24, 2.45) is 0 Å². The molecule has 0 aliphatic heterocycles. The van der Waals surface area contributed by atoms with Crippen molar-refractivity contribution in [3.63, 3.8) is 0 Å². The highest BCUT2D eigenvalue weighted by Gasteiger charge is 2.18. The molecule has 29 heavy (non-hydrogen) atoms. The number of sulfonamides is 1. The van der Waals surface area contributed by atoms with Crippen molar-refractivity contribution in [2.75, 3.05) is 11.3 Å². The highest BCUT2D eigenvalue weighted by Crippen LogP contribution is 2.26. The molecule has 0 saturated carbocycles. The van der Waals surface area contributed by atoms with Crippen LogP contribution in [0.15, 0.2) is 65.8 Å². The Hall–Kier alpha value is -3.46. The Balaban J connectivity index is 1.66. The number of ether oxygens (including phenoxy) is 1. The van der Waals surface area contributed by atoms with Gasteiger partial charge in [-0.3, -0.25) is 4.72 Å². The summed E-state index contributed by atoms with van der Waals surface area (Å²) < 4.78 is 35.6. The third-order valence-corrected chi connectivity index (χ3v) is 5.88. The fraction of sp³-hybridized carbons (Fsp3) is 0.150. The van der Waals surface area contributed by atoms with E-state index in [0.29, 0.717) is 40.5 Å². The number of hydrogen-bond acceptors (Lipinski definition) is 6. The Morgan fingerprint density at radius 1 is 1.07 bits per heavy atom. The third-order valence-electron chi connectivity index (χ3n) is 4.35. The number of fused-ring (bicyclic) bond motifs is 1. The van der Waals surface area contributed by atoms with Gasteiger partial charge in [0.05, 0.1) is 17.2 Å². The maximum atomic E-state index is 13.0. The molecule has 0 unspecified atom stereocenters. The van der Waals surface area contributed by atoms with Gasteiger partial charge in [-0.2, -0.15) is 9.61 Å². The van der Waals surface area contributed by atoms with E-state index in [2.05, 4.69) is 20.0 Å². The number of aryl methyl sites for hydroxylation is 1. The Bertz CT molecular complexity index is 1270. The minimum atomic E-state index is -3.78. The van der Waals surface area contributed by atoms with Crippen LogP contribution in [0.3, 0.4) is 0 Å². The van der Waals surface area contributed by atoms with E-state index in [4.69, 9.17) is 4.74 Å². The summed E-state index contributed by atoms with van der Waals surface area (Å²) >= 11 is 0. The predicted octanol–water partition coefficient (Wildman–Crippen LogP) is 3.30. The molecular weight excluding hydrogens is 390 g/mol. The molecule has 0 spiro atoms. The van der Waals surface area contributed by atoms with Crippen LogP contribution in [0.25, 0.3) is 16.9 Å². The van der Waals surface area contributed by atoms with Crippen molar-refractivity contribution in [3.8, 4) is 17.0 Å². The second-order valence-electron chi connectivity index (χ2n) is 6.40. The van der Waals surface area contributed by atoms with Crippen LogP contribution in [0.2, 0.25) is 0 Å². The lowest BCUT2D eigenvalue weighted by Crippen LogP contribution is -2.14. The molecule has 0 amide bonds. The van der Waals surface area contributed by atoms with Gasteiger partial charge in [-0.05, 0) is 61.9 Å². The van der Waals surface area contributed by atoms with Crippen LogP contribution >= 0.6 is 0 Å². The molecule has 0 aliphatic carbocycles. The zero-order valence-corrected chi connectivity index (χ0v) is 16.7. The summed E-state index contributed by atoms with van der Waals surface area (Å²) in [4.78, 5) is 0.189. The number of benzene rings is 2. The summed E-state index contributed by atoms with van der Waals surface area (Å²) in [7, 11) is -3.78. The van der Waals surface area contributed by atoms with Crippen LogP contribution in [0.1, 0.15) is 12.5 Å². The summed E-state index contributed by atoms with van der Waals surface area (Å²) in [6, 6.07) is 15.6. The smallest absolute Gasteiger partial charge is 0.262 e. The molecule has 148 valence electrons. The highest BCUT2D eigenvalue weighted by molar-refractivity contribution is 7.92. The van der Waals surface area contributed by atoms with Gasteiger partial charge in [-0.15, -0.1) is 10.2 Å². The van der Waals surface area contributed by atoms with Gasteiger partial charge in [0.15, 0.2) is 5.65 Å². The first-order valence-electron chi connectivity index (χ1n) is 9.00. The molecule has 0 radical (unpaired) electrons. The van der Waals surface area contributed by atoms with E-state index in [1.54, 1.807) is 60.0 Å². The van der Waals surface area contributed by atoms with Gasteiger partial charge in [0.25, 0.3) is 10.0 Å². The SMILES string of the molecule is CCOc1ccc(NS(=O)(=O)c2cc(-c3ccc4nncn4n3)ccc2C)cc1. The monoisotopic (exact) mass is 409 g/mol. The minimum Gasteiger partial charge on any atom is -0.494 e. The lowest BCUT2D eigenvalue weighted by atomic mass is 10.1. The van der Waals surface area contributed by atoms with E-state index in [0.717, 1.165) is 0 Å². The van der Waals surface area contributed by atoms with E-state index in [-0.39, 0.29) is 4.90 Å². The maximum Gasteiger partial charge on any atom is 0.262 e. The second-order valence-corrected chi connectivity index (χ2v) is 8.05. The van der Waals surface area contributed by atoms with E-state index in [1.807, 2.05) is 13.0 Å². The molecule has 2 heterocycles. The minimum absolute atomic E-state index is 0.189. The lowest BCUT2D eigenvalue weighted by molar-refractivity contribution is 0.340. The van der Waals surface area contributed by atoms with E-state index < -0.39 is 10.0 Å². The summed E-state index contributed by atoms with van der Waals surface area (Å²) in [6.45, 7) is 4.20. The number of hydrogen-bond donors (Lipinski definition) is 1. The van der Waals surface area contributed by atoms with Gasteiger partial charge in [0.2, 0.25) is 0 Å². The van der Waals surface area contributed by atoms with Crippen molar-refractivity contribution in [1.82, 2.24) is 19.8 Å². The second kappa shape index (κ2) is 7.51. The number of nitrogens with zero attached hydrogens (tertiary/aromatic N) is 4. The first-order valence-corrected chi connectivity index (χ1v) is 10.5. The molecule has 0 atom stereocenters. The summed E-state index contributed by atoms with van der Waals surface area (Å²) in [5.74, 6) is 0.684. The number of rotatable bonds is 6. The molecule has 4 rings (SSSR count). The zero-order chi connectivity index (χ0) is 20.4. The fourth-order valence-electron chi connectivity index (χ4n) is 2.93. The van der Waals surface area contributed by atoms with Crippen LogP contribution in [-0.4, -0.2) is 34.8 Å². The highest BCUT2D eigenvalue weighted by atomic mass is 32.2. The standard InChI is InChI=1S/C20H19N5O3S/c1-3-28-17-8-6-16(7-9-17)24-29(26,27)19-12-15(5-4-14(19)2)18-10-11-20-22-21-13-25(20)23-18/h4-13,24H,3H2,1-2H3. The molecule has 0 bridgehead atoms. The molecule has 9 heteroatoms. The maximum absolute atomic E-state index is 13.0. The molecule has 0 aliphatic rings. The van der Waals surface area contributed by atoms with Crippen LogP contribution < -0.4 is 9.46 Å². The van der Waals surface area contributed by atoms with Crippen LogP contribution in [0, 0.1) is 6.92 Å². The van der Waals surface area contributed by atoms with Crippen LogP contribution in [0.4, 0.5) is 5.69 Å². The van der Waals surface area contributed by atoms with Gasteiger partial charge in [0, 0.05) is 11.3 Å². The van der Waals surface area contributed by atoms with Crippen molar-refractivity contribution in [1.29, 1.82) is 0 Å². The largest absolute Gasteiger partial charge is 0.494 e. The molecular formula is C20H19N5O3S. The van der Waals surface area contributed by atoms with Crippen LogP contribution in [0.5, 0.6) is 5.75 Å². The van der Waals surface area contributed by atoms with E-state index in [9.17, 15) is 8.42 Å². The van der Waals surface area contributed by atoms with Gasteiger partial charge < -0.3 is 4.74 Å². The first kappa shape index (κ1) is 18.9. The lowest BCUT2D eigenvalue weighted by Gasteiger charge is -2.12. The van der Waals surface area contributed by atoms with Crippen molar-refractivity contribution < 1.29 is 13.2 Å². The van der Waals surface area contributed by atoms with Gasteiger partial charge >= 0.3 is 0 Å². The molecule has 0 fully saturated rings. The first-order chi connectivity index (χ1) is 14.0. The molecule has 2 aromatic carbocycles. The number of anilines is 1. The topological polar surface area (TPSA) is 98.5 Å². The Labute approximate surface area is 168 Å². The van der Waals surface area contributed by atoms with Crippen molar-refractivity contribution >= 4 is 21.4 Å². The summed E-state index contributed by atoms with van der Waals surface area (Å²) in [6.07, 6.45) is 1.50. The van der Waals surface area contributed by atoms with Crippen molar-refractivity contribution in [3.05, 3.63) is 66.5 Å². The molecule has 8 nitrogen and oxygen atoms in total. The number of aromatic nitrogens is 4. The average Bonchev–Trinajstić information content (AvgIpc) is 3.17. The zero-order valence-electron chi connectivity index (χ0n) is 15.9. The Morgan fingerprint density at radius 2 is 1.86 bits per heavy atom. The normalized spacial score (nSPS) is 11.5. The van der Waals surface area contributed by atoms with Crippen LogP contribution in [-0.2, 0) is 10.0 Å². The molecule has 2 aromatic heterocycles. The fourth-order valence-corrected chi connectivity index (χ4v) is 4.26. The Morgan fingerprint density at radius 3 is 2.62 bits per heavy atom. The van der Waals surface area contributed by atoms with Gasteiger partial charge in [-0.1, -0.05) is 12.1 Å². The van der Waals surface area contributed by atoms with E-state index >= 15 is 0 Å². The molecule has 0 saturated heterocycles. The third kappa shape index (κ3) is 3.90. The summed E-state index contributed by atoms with van der Waals surface area (Å²) in [5.41, 5.74) is 3.01. The predicted molar refractivity (Wildman–Crippen MR) is 109 cm³/mol. The molecule has 4 aromatic rings. The van der Waals surface area contributed by atoms with Gasteiger partial charge in [0.1, 0.15) is 12.1 Å². The average molecular weight is 409 g/mol. The Kier molecular flexibility index (Phi) is 4.89. The van der Waals surface area contributed by atoms with Crippen molar-refractivity contribution in [2.45, 2.75) is 18.7 Å². The molecule has 1 N–H and O–H groups in total. The van der Waals surface area contributed by atoms with E-state index in [1.165, 1.54) is 6.33 Å². The number of nitrogens with one attached hydrogen (secondary N) is 1. The quantitative estimate of drug-likeness (QED) is 0.525.